The molecule has 1 saturated heterocycles. The SMILES string of the molecule is CC1(C)CC1N1C(=O)CNC1c1ccccc1F. The Morgan fingerprint density at radius 2 is 2.06 bits per heavy atom. The monoisotopic (exact) mass is 248 g/mol. The number of carbonyl (C=O) groups excluding carboxylic acids is 1. The van der Waals surface area contributed by atoms with Crippen molar-refractivity contribution in [1.29, 1.82) is 0 Å². The second-order valence-electron chi connectivity index (χ2n) is 5.81. The molecule has 4 heteroatoms. The van der Waals surface area contributed by atoms with Gasteiger partial charge in [0.2, 0.25) is 5.91 Å². The van der Waals surface area contributed by atoms with Crippen LogP contribution < -0.4 is 5.32 Å². The van der Waals surface area contributed by atoms with Gasteiger partial charge in [-0.3, -0.25) is 10.1 Å². The Balaban J connectivity index is 1.92. The lowest BCUT2D eigenvalue weighted by atomic mass is 10.1. The molecule has 0 aromatic heterocycles. The number of halogens is 1. The summed E-state index contributed by atoms with van der Waals surface area (Å²) in [5.41, 5.74) is 0.719. The van der Waals surface area contributed by atoms with Gasteiger partial charge < -0.3 is 4.90 Å². The molecule has 3 nitrogen and oxygen atoms in total. The van der Waals surface area contributed by atoms with Crippen molar-refractivity contribution in [2.24, 2.45) is 5.41 Å². The zero-order valence-electron chi connectivity index (χ0n) is 10.6. The predicted molar refractivity (Wildman–Crippen MR) is 66.2 cm³/mol. The minimum Gasteiger partial charge on any atom is -0.318 e. The van der Waals surface area contributed by atoms with Crippen LogP contribution in [0.4, 0.5) is 4.39 Å². The minimum absolute atomic E-state index is 0.0684. The Morgan fingerprint density at radius 3 is 2.67 bits per heavy atom. The molecule has 1 aliphatic heterocycles. The highest BCUT2D eigenvalue weighted by Gasteiger charge is 2.54. The molecule has 3 rings (SSSR count). The fourth-order valence-electron chi connectivity index (χ4n) is 2.74. The molecule has 1 heterocycles. The molecule has 18 heavy (non-hydrogen) atoms. The number of hydrogen-bond acceptors (Lipinski definition) is 2. The zero-order valence-corrected chi connectivity index (χ0v) is 10.6. The summed E-state index contributed by atoms with van der Waals surface area (Å²) in [7, 11) is 0. The van der Waals surface area contributed by atoms with Crippen LogP contribution in [0.25, 0.3) is 0 Å². The number of nitrogens with one attached hydrogen (secondary N) is 1. The second kappa shape index (κ2) is 3.79. The fourth-order valence-corrected chi connectivity index (χ4v) is 2.74. The van der Waals surface area contributed by atoms with E-state index in [0.717, 1.165) is 6.42 Å². The van der Waals surface area contributed by atoms with E-state index >= 15 is 0 Å². The number of benzene rings is 1. The fraction of sp³-hybridized carbons (Fsp3) is 0.500. The number of nitrogens with zero attached hydrogens (tertiary/aromatic N) is 1. The van der Waals surface area contributed by atoms with Crippen molar-refractivity contribution in [3.05, 3.63) is 35.6 Å². The van der Waals surface area contributed by atoms with Crippen molar-refractivity contribution < 1.29 is 9.18 Å². The highest BCUT2D eigenvalue weighted by Crippen LogP contribution is 2.51. The average Bonchev–Trinajstić information content (AvgIpc) is 2.77. The predicted octanol–water partition coefficient (Wildman–Crippen LogP) is 2.05. The van der Waals surface area contributed by atoms with E-state index in [-0.39, 0.29) is 29.3 Å². The summed E-state index contributed by atoms with van der Waals surface area (Å²) in [5.74, 6) is -0.188. The quantitative estimate of drug-likeness (QED) is 0.868. The lowest BCUT2D eigenvalue weighted by Crippen LogP contribution is -2.34. The van der Waals surface area contributed by atoms with E-state index in [2.05, 4.69) is 19.2 Å². The van der Waals surface area contributed by atoms with Crippen molar-refractivity contribution >= 4 is 5.91 Å². The molecule has 1 N–H and O–H groups in total. The minimum atomic E-state index is -0.314. The van der Waals surface area contributed by atoms with E-state index in [9.17, 15) is 9.18 Å². The highest BCUT2D eigenvalue weighted by molar-refractivity contribution is 5.81. The number of amides is 1. The van der Waals surface area contributed by atoms with Gasteiger partial charge in [0, 0.05) is 11.6 Å². The summed E-state index contributed by atoms with van der Waals surface area (Å²) in [5, 5.41) is 3.11. The van der Waals surface area contributed by atoms with E-state index in [0.29, 0.717) is 12.1 Å². The third-order valence-electron chi connectivity index (χ3n) is 4.01. The van der Waals surface area contributed by atoms with Gasteiger partial charge in [-0.25, -0.2) is 4.39 Å². The normalized spacial score (nSPS) is 29.7. The van der Waals surface area contributed by atoms with Crippen molar-refractivity contribution in [2.45, 2.75) is 32.5 Å². The summed E-state index contributed by atoms with van der Waals surface area (Å²) in [6.07, 6.45) is 0.677. The van der Waals surface area contributed by atoms with Crippen molar-refractivity contribution in [3.8, 4) is 0 Å². The van der Waals surface area contributed by atoms with Gasteiger partial charge in [0.05, 0.1) is 6.54 Å². The maximum Gasteiger partial charge on any atom is 0.238 e. The zero-order chi connectivity index (χ0) is 12.9. The molecule has 2 atom stereocenters. The van der Waals surface area contributed by atoms with Gasteiger partial charge in [0.25, 0.3) is 0 Å². The van der Waals surface area contributed by atoms with E-state index in [1.54, 1.807) is 18.2 Å². The maximum absolute atomic E-state index is 13.8. The van der Waals surface area contributed by atoms with Gasteiger partial charge in [-0.15, -0.1) is 0 Å². The summed E-state index contributed by atoms with van der Waals surface area (Å²) in [6, 6.07) is 6.88. The van der Waals surface area contributed by atoms with Gasteiger partial charge in [0.1, 0.15) is 12.0 Å². The number of rotatable bonds is 2. The first-order valence-corrected chi connectivity index (χ1v) is 6.30. The average molecular weight is 248 g/mol. The molecule has 0 bridgehead atoms. The molecular formula is C14H17FN2O. The highest BCUT2D eigenvalue weighted by atomic mass is 19.1. The van der Waals surface area contributed by atoms with E-state index in [1.807, 2.05) is 4.90 Å². The first-order chi connectivity index (χ1) is 8.50. The van der Waals surface area contributed by atoms with E-state index < -0.39 is 0 Å². The molecule has 2 unspecified atom stereocenters. The standard InChI is InChI=1S/C14H17FN2O/c1-14(2)7-11(14)17-12(18)8-16-13(17)9-5-3-4-6-10(9)15/h3-6,11,13,16H,7-8H2,1-2H3. The van der Waals surface area contributed by atoms with Crippen LogP contribution in [0.15, 0.2) is 24.3 Å². The molecular weight excluding hydrogens is 231 g/mol. The summed E-state index contributed by atoms with van der Waals surface area (Å²) < 4.78 is 13.8. The summed E-state index contributed by atoms with van der Waals surface area (Å²) in [6.45, 7) is 4.58. The van der Waals surface area contributed by atoms with Crippen LogP contribution in [-0.4, -0.2) is 23.4 Å². The van der Waals surface area contributed by atoms with Crippen LogP contribution in [0.2, 0.25) is 0 Å². The Bertz CT molecular complexity index is 500. The summed E-state index contributed by atoms with van der Waals surface area (Å²) >= 11 is 0. The van der Waals surface area contributed by atoms with Gasteiger partial charge in [0.15, 0.2) is 0 Å². The van der Waals surface area contributed by atoms with Crippen LogP contribution in [0.3, 0.4) is 0 Å². The van der Waals surface area contributed by atoms with Gasteiger partial charge >= 0.3 is 0 Å². The molecule has 0 radical (unpaired) electrons. The number of carbonyl (C=O) groups is 1. The molecule has 0 spiro atoms. The van der Waals surface area contributed by atoms with Crippen LogP contribution >= 0.6 is 0 Å². The molecule has 1 aromatic rings. The largest absolute Gasteiger partial charge is 0.318 e. The molecule has 1 saturated carbocycles. The van der Waals surface area contributed by atoms with Crippen LogP contribution in [0.1, 0.15) is 32.0 Å². The van der Waals surface area contributed by atoms with Crippen molar-refractivity contribution in [2.75, 3.05) is 6.54 Å². The molecule has 96 valence electrons. The first kappa shape index (κ1) is 11.7. The molecule has 1 aliphatic carbocycles. The van der Waals surface area contributed by atoms with E-state index in [4.69, 9.17) is 0 Å². The van der Waals surface area contributed by atoms with Gasteiger partial charge in [-0.1, -0.05) is 32.0 Å². The van der Waals surface area contributed by atoms with Gasteiger partial charge in [-0.2, -0.15) is 0 Å². The lowest BCUT2D eigenvalue weighted by molar-refractivity contribution is -0.129. The van der Waals surface area contributed by atoms with Crippen LogP contribution in [-0.2, 0) is 4.79 Å². The van der Waals surface area contributed by atoms with E-state index in [1.165, 1.54) is 6.07 Å². The van der Waals surface area contributed by atoms with Crippen LogP contribution in [0, 0.1) is 11.2 Å². The Morgan fingerprint density at radius 1 is 1.39 bits per heavy atom. The van der Waals surface area contributed by atoms with Crippen molar-refractivity contribution in [3.63, 3.8) is 0 Å². The third kappa shape index (κ3) is 1.72. The lowest BCUT2D eigenvalue weighted by Gasteiger charge is -2.26. The third-order valence-corrected chi connectivity index (χ3v) is 4.01. The molecule has 2 aliphatic rings. The Labute approximate surface area is 106 Å². The summed E-state index contributed by atoms with van der Waals surface area (Å²) in [4.78, 5) is 13.8. The van der Waals surface area contributed by atoms with Crippen molar-refractivity contribution in [1.82, 2.24) is 10.2 Å². The molecule has 1 aromatic carbocycles. The van der Waals surface area contributed by atoms with Gasteiger partial charge in [-0.05, 0) is 17.9 Å². The smallest absolute Gasteiger partial charge is 0.238 e. The topological polar surface area (TPSA) is 32.3 Å². The molecule has 1 amide bonds. The Hall–Kier alpha value is -1.42. The maximum atomic E-state index is 13.8. The molecule has 2 fully saturated rings. The first-order valence-electron chi connectivity index (χ1n) is 6.30. The van der Waals surface area contributed by atoms with Crippen LogP contribution in [0.5, 0.6) is 0 Å². The number of hydrogen-bond donors (Lipinski definition) is 1. The second-order valence-corrected chi connectivity index (χ2v) is 5.81. The Kier molecular flexibility index (Phi) is 2.45.